The van der Waals surface area contributed by atoms with E-state index in [-0.39, 0.29) is 12.0 Å². The molecule has 1 saturated heterocycles. The molecule has 1 atom stereocenters. The Morgan fingerprint density at radius 3 is 2.88 bits per heavy atom. The van der Waals surface area contributed by atoms with Gasteiger partial charge in [-0.2, -0.15) is 0 Å². The molecule has 2 aromatic heterocycles. The number of carbonyl (C=O) groups excluding carboxylic acids is 1. The number of nitrogens with zero attached hydrogens (tertiary/aromatic N) is 5. The number of anilines is 1. The Morgan fingerprint density at radius 2 is 2.20 bits per heavy atom. The molecule has 0 saturated carbocycles. The largest absolute Gasteiger partial charge is 0.368 e. The van der Waals surface area contributed by atoms with Crippen molar-refractivity contribution in [1.29, 1.82) is 0 Å². The lowest BCUT2D eigenvalue weighted by molar-refractivity contribution is -0.138. The highest BCUT2D eigenvalue weighted by atomic mass is 16.5. The lowest BCUT2D eigenvalue weighted by atomic mass is 10.1. The van der Waals surface area contributed by atoms with E-state index in [1.165, 1.54) is 0 Å². The summed E-state index contributed by atoms with van der Waals surface area (Å²) < 4.78 is 11.0. The highest BCUT2D eigenvalue weighted by Gasteiger charge is 2.27. The summed E-state index contributed by atoms with van der Waals surface area (Å²) in [5.41, 5.74) is 2.42. The summed E-state index contributed by atoms with van der Waals surface area (Å²) in [6.07, 6.45) is 1.76. The highest BCUT2D eigenvalue weighted by Crippen LogP contribution is 2.23. The Labute approximate surface area is 146 Å². The van der Waals surface area contributed by atoms with Crippen LogP contribution in [0, 0.1) is 13.8 Å². The molecule has 3 heterocycles. The lowest BCUT2D eigenvalue weighted by Crippen LogP contribution is -2.43. The van der Waals surface area contributed by atoms with E-state index in [4.69, 9.17) is 9.26 Å². The van der Waals surface area contributed by atoms with Gasteiger partial charge in [0.15, 0.2) is 0 Å². The third kappa shape index (κ3) is 3.79. The molecule has 0 radical (unpaired) electrons. The molecule has 1 aliphatic heterocycles. The van der Waals surface area contributed by atoms with Crippen molar-refractivity contribution in [3.63, 3.8) is 0 Å². The summed E-state index contributed by atoms with van der Waals surface area (Å²) in [4.78, 5) is 25.1. The molecule has 1 fully saturated rings. The molecule has 25 heavy (non-hydrogen) atoms. The van der Waals surface area contributed by atoms with E-state index >= 15 is 0 Å². The summed E-state index contributed by atoms with van der Waals surface area (Å²) in [5.74, 6) is 1.37. The zero-order valence-electron chi connectivity index (χ0n) is 15.0. The average Bonchev–Trinajstić information content (AvgIpc) is 2.94. The Balaban J connectivity index is 1.70. The minimum absolute atomic E-state index is 0.0459. The van der Waals surface area contributed by atoms with Gasteiger partial charge in [-0.15, -0.1) is 0 Å². The Morgan fingerprint density at radius 1 is 1.40 bits per heavy atom. The molecule has 0 bridgehead atoms. The van der Waals surface area contributed by atoms with Gasteiger partial charge >= 0.3 is 0 Å². The van der Waals surface area contributed by atoms with Crippen LogP contribution >= 0.6 is 0 Å². The normalized spacial score (nSPS) is 17.6. The number of aryl methyl sites for hydroxylation is 2. The van der Waals surface area contributed by atoms with E-state index in [9.17, 15) is 4.79 Å². The van der Waals surface area contributed by atoms with Gasteiger partial charge < -0.3 is 19.1 Å². The maximum atomic E-state index is 12.7. The van der Waals surface area contributed by atoms with Gasteiger partial charge in [0.1, 0.15) is 11.9 Å². The van der Waals surface area contributed by atoms with Crippen molar-refractivity contribution in [1.82, 2.24) is 20.0 Å². The van der Waals surface area contributed by atoms with Crippen LogP contribution < -0.4 is 4.90 Å². The number of amides is 1. The average molecular weight is 345 g/mol. The molecule has 0 aliphatic carbocycles. The van der Waals surface area contributed by atoms with Gasteiger partial charge in [0.25, 0.3) is 0 Å². The molecule has 0 N–H and O–H groups in total. The maximum Gasteiger partial charge on any atom is 0.227 e. The molecular formula is C17H23N5O3. The van der Waals surface area contributed by atoms with Crippen molar-refractivity contribution in [3.8, 4) is 0 Å². The van der Waals surface area contributed by atoms with Gasteiger partial charge in [-0.05, 0) is 19.9 Å². The van der Waals surface area contributed by atoms with Crippen molar-refractivity contribution < 1.29 is 14.1 Å². The molecule has 2 aromatic rings. The first-order valence-corrected chi connectivity index (χ1v) is 8.27. The van der Waals surface area contributed by atoms with Crippen LogP contribution in [0.25, 0.3) is 0 Å². The fourth-order valence-electron chi connectivity index (χ4n) is 2.83. The summed E-state index contributed by atoms with van der Waals surface area (Å²) in [5, 5.41) is 3.91. The summed E-state index contributed by atoms with van der Waals surface area (Å²) >= 11 is 0. The predicted molar refractivity (Wildman–Crippen MR) is 91.3 cm³/mol. The second-order valence-corrected chi connectivity index (χ2v) is 6.35. The summed E-state index contributed by atoms with van der Waals surface area (Å²) in [6.45, 7) is 5.22. The Bertz CT molecular complexity index is 739. The Kier molecular flexibility index (Phi) is 4.98. The Hall–Kier alpha value is -2.48. The minimum atomic E-state index is -0.246. The molecule has 1 aliphatic rings. The van der Waals surface area contributed by atoms with Crippen LogP contribution in [0.5, 0.6) is 0 Å². The zero-order chi connectivity index (χ0) is 18.0. The number of carbonyl (C=O) groups is 1. The second-order valence-electron chi connectivity index (χ2n) is 6.35. The monoisotopic (exact) mass is 345 g/mol. The highest BCUT2D eigenvalue weighted by molar-refractivity contribution is 5.79. The van der Waals surface area contributed by atoms with Gasteiger partial charge in [-0.25, -0.2) is 9.97 Å². The first kappa shape index (κ1) is 17.3. The third-order valence-corrected chi connectivity index (χ3v) is 4.32. The standard InChI is InChI=1S/C17H23N5O3/c1-11-13(12(2)25-20-11)9-16(23)22-7-8-24-15(10-22)14-5-6-18-17(19-14)21(3)4/h5-6,15H,7-10H2,1-4H3. The fraction of sp³-hybridized carbons (Fsp3) is 0.529. The number of hydrogen-bond donors (Lipinski definition) is 0. The minimum Gasteiger partial charge on any atom is -0.368 e. The molecular weight excluding hydrogens is 322 g/mol. The number of aromatic nitrogens is 3. The molecule has 8 heteroatoms. The fourth-order valence-corrected chi connectivity index (χ4v) is 2.83. The van der Waals surface area contributed by atoms with Crippen LogP contribution in [0.2, 0.25) is 0 Å². The zero-order valence-corrected chi connectivity index (χ0v) is 15.0. The molecule has 3 rings (SSSR count). The van der Waals surface area contributed by atoms with Crippen molar-refractivity contribution in [3.05, 3.63) is 35.0 Å². The van der Waals surface area contributed by atoms with E-state index in [0.717, 1.165) is 17.0 Å². The van der Waals surface area contributed by atoms with Crippen LogP contribution in [0.4, 0.5) is 5.95 Å². The quantitative estimate of drug-likeness (QED) is 0.825. The smallest absolute Gasteiger partial charge is 0.227 e. The number of hydrogen-bond acceptors (Lipinski definition) is 7. The van der Waals surface area contributed by atoms with Crippen LogP contribution in [-0.4, -0.2) is 59.7 Å². The van der Waals surface area contributed by atoms with E-state index in [0.29, 0.717) is 37.8 Å². The molecule has 1 unspecified atom stereocenters. The van der Waals surface area contributed by atoms with Crippen molar-refractivity contribution >= 4 is 11.9 Å². The van der Waals surface area contributed by atoms with Gasteiger partial charge in [0.05, 0.1) is 31.0 Å². The van der Waals surface area contributed by atoms with Crippen molar-refractivity contribution in [2.75, 3.05) is 38.7 Å². The van der Waals surface area contributed by atoms with Crippen LogP contribution in [0.3, 0.4) is 0 Å². The van der Waals surface area contributed by atoms with E-state index in [2.05, 4.69) is 15.1 Å². The van der Waals surface area contributed by atoms with Crippen LogP contribution in [0.1, 0.15) is 28.8 Å². The van der Waals surface area contributed by atoms with E-state index < -0.39 is 0 Å². The third-order valence-electron chi connectivity index (χ3n) is 4.32. The SMILES string of the molecule is Cc1noc(C)c1CC(=O)N1CCOC(c2ccnc(N(C)C)n2)C1. The van der Waals surface area contributed by atoms with Crippen LogP contribution in [0.15, 0.2) is 16.8 Å². The molecule has 8 nitrogen and oxygen atoms in total. The molecule has 0 aromatic carbocycles. The lowest BCUT2D eigenvalue weighted by Gasteiger charge is -2.33. The number of ether oxygens (including phenoxy) is 1. The van der Waals surface area contributed by atoms with Crippen molar-refractivity contribution in [2.24, 2.45) is 0 Å². The number of rotatable bonds is 4. The van der Waals surface area contributed by atoms with Gasteiger partial charge in [0, 0.05) is 32.4 Å². The second kappa shape index (κ2) is 7.18. The van der Waals surface area contributed by atoms with Crippen LogP contribution in [-0.2, 0) is 16.0 Å². The topological polar surface area (TPSA) is 84.6 Å². The maximum absolute atomic E-state index is 12.7. The molecule has 134 valence electrons. The molecule has 1 amide bonds. The number of morpholine rings is 1. The van der Waals surface area contributed by atoms with E-state index in [1.54, 1.807) is 6.20 Å². The summed E-state index contributed by atoms with van der Waals surface area (Å²) in [6, 6.07) is 1.83. The first-order valence-electron chi connectivity index (χ1n) is 8.27. The van der Waals surface area contributed by atoms with Gasteiger partial charge in [-0.1, -0.05) is 5.16 Å². The summed E-state index contributed by atoms with van der Waals surface area (Å²) in [7, 11) is 3.78. The molecule has 0 spiro atoms. The van der Waals surface area contributed by atoms with E-state index in [1.807, 2.05) is 43.8 Å². The first-order chi connectivity index (χ1) is 12.0. The van der Waals surface area contributed by atoms with Gasteiger partial charge in [0.2, 0.25) is 11.9 Å². The van der Waals surface area contributed by atoms with Crippen molar-refractivity contribution in [2.45, 2.75) is 26.4 Å². The predicted octanol–water partition coefficient (Wildman–Crippen LogP) is 1.29. The van der Waals surface area contributed by atoms with Gasteiger partial charge in [-0.3, -0.25) is 4.79 Å².